The average molecular weight is 1150 g/mol. The van der Waals surface area contributed by atoms with Gasteiger partial charge in [0.2, 0.25) is 5.91 Å². The van der Waals surface area contributed by atoms with Gasteiger partial charge in [0.05, 0.1) is 78.5 Å². The number of aliphatic hydroxyl groups excluding tert-OH is 1. The number of phosphoric acid groups is 3. The Morgan fingerprint density at radius 2 is 1.52 bits per heavy atom. The van der Waals surface area contributed by atoms with Crippen LogP contribution in [0.2, 0.25) is 0 Å². The van der Waals surface area contributed by atoms with Crippen molar-refractivity contribution in [2.45, 2.75) is 142 Å². The van der Waals surface area contributed by atoms with Crippen molar-refractivity contribution >= 4 is 35.3 Å². The molecule has 6 rings (SSSR count). The number of H-pyrrole nitrogens is 1. The molecule has 1 aromatic rings. The first kappa shape index (κ1) is 63.3. The van der Waals surface area contributed by atoms with Gasteiger partial charge in [0, 0.05) is 25.5 Å². The predicted molar refractivity (Wildman–Crippen MR) is 276 cm³/mol. The molecule has 0 aromatic carbocycles. The van der Waals surface area contributed by atoms with Crippen molar-refractivity contribution in [3.05, 3.63) is 44.2 Å². The Balaban J connectivity index is 0.757. The van der Waals surface area contributed by atoms with Crippen LogP contribution in [-0.4, -0.2) is 130 Å². The number of nitrogens with zero attached hydrogens (tertiary/aromatic N) is 1. The number of carbonyl (C=O) groups excluding carboxylic acids is 2. The zero-order valence-electron chi connectivity index (χ0n) is 44.5. The Bertz CT molecular complexity index is 2490. The third-order valence-corrected chi connectivity index (χ3v) is 19.6. The minimum atomic E-state index is -5.78. The Morgan fingerprint density at radius 3 is 2.19 bits per heavy atom. The van der Waals surface area contributed by atoms with Crippen LogP contribution in [0.1, 0.15) is 129 Å². The van der Waals surface area contributed by atoms with E-state index < -0.39 is 59.8 Å². The first-order valence-corrected chi connectivity index (χ1v) is 31.4. The number of amides is 1. The molecular formula is C50H80N3O21P3. The molecule has 1 saturated heterocycles. The lowest BCUT2D eigenvalue weighted by Gasteiger charge is -2.55. The number of rotatable bonds is 30. The number of aromatic amines is 1. The molecule has 77 heavy (non-hydrogen) atoms. The molecule has 2 heterocycles. The van der Waals surface area contributed by atoms with Crippen LogP contribution in [0.15, 0.2) is 27.4 Å². The maximum absolute atomic E-state index is 12.8. The van der Waals surface area contributed by atoms with Crippen LogP contribution in [0.3, 0.4) is 0 Å². The van der Waals surface area contributed by atoms with Gasteiger partial charge in [-0.3, -0.25) is 28.5 Å². The zero-order valence-corrected chi connectivity index (χ0v) is 47.2. The van der Waals surface area contributed by atoms with E-state index in [0.717, 1.165) is 71.5 Å². The van der Waals surface area contributed by atoms with Crippen molar-refractivity contribution in [2.24, 2.45) is 46.8 Å². The van der Waals surface area contributed by atoms with E-state index in [2.05, 4.69) is 64.1 Å². The number of aromatic nitrogens is 2. The molecule has 436 valence electrons. The number of aliphatic hydroxyl groups is 1. The molecule has 1 aromatic heterocycles. The van der Waals surface area contributed by atoms with Crippen LogP contribution in [0, 0.1) is 58.7 Å². The molecule has 5 aliphatic rings. The largest absolute Gasteiger partial charge is 0.490 e. The van der Waals surface area contributed by atoms with E-state index in [-0.39, 0.29) is 81.2 Å². The summed E-state index contributed by atoms with van der Waals surface area (Å²) < 4.78 is 80.7. The summed E-state index contributed by atoms with van der Waals surface area (Å²) in [6.45, 7) is 10.8. The molecule has 1 amide bonds. The highest BCUT2D eigenvalue weighted by molar-refractivity contribution is 7.66. The van der Waals surface area contributed by atoms with E-state index in [9.17, 15) is 47.8 Å². The molecule has 0 radical (unpaired) electrons. The number of fused-ring (bicyclic) bond motifs is 5. The van der Waals surface area contributed by atoms with Crippen LogP contribution < -0.4 is 16.6 Å². The summed E-state index contributed by atoms with van der Waals surface area (Å²) >= 11 is 0. The topological polar surface area (TPSA) is 336 Å². The summed E-state index contributed by atoms with van der Waals surface area (Å²) in [6.07, 6.45) is 13.0. The fourth-order valence-corrected chi connectivity index (χ4v) is 15.2. The van der Waals surface area contributed by atoms with E-state index in [1.54, 1.807) is 0 Å². The van der Waals surface area contributed by atoms with Gasteiger partial charge < -0.3 is 58.4 Å². The lowest BCUT2D eigenvalue weighted by atomic mass is 9.50. The summed E-state index contributed by atoms with van der Waals surface area (Å²) in [4.78, 5) is 88.3. The van der Waals surface area contributed by atoms with Crippen molar-refractivity contribution in [3.8, 4) is 11.8 Å². The highest BCUT2D eigenvalue weighted by Crippen LogP contribution is 2.67. The summed E-state index contributed by atoms with van der Waals surface area (Å²) in [6, 6.07) is 0. The number of esters is 1. The van der Waals surface area contributed by atoms with Gasteiger partial charge in [-0.2, -0.15) is 8.62 Å². The second-order valence-corrected chi connectivity index (χ2v) is 25.9. The Morgan fingerprint density at radius 1 is 0.857 bits per heavy atom. The molecule has 4 fully saturated rings. The lowest BCUT2D eigenvalue weighted by Crippen LogP contribution is -2.48. The van der Waals surface area contributed by atoms with Crippen molar-refractivity contribution in [2.75, 3.05) is 66.0 Å². The number of hydrogen-bond acceptors (Lipinski definition) is 17. The number of nitrogens with one attached hydrogen (secondary N) is 2. The highest BCUT2D eigenvalue weighted by atomic mass is 31.3. The Kier molecular flexibility index (Phi) is 24.0. The van der Waals surface area contributed by atoms with Crippen LogP contribution in [0.25, 0.3) is 0 Å². The van der Waals surface area contributed by atoms with Crippen molar-refractivity contribution in [3.63, 3.8) is 0 Å². The Labute approximate surface area is 449 Å². The minimum Gasteiger partial charge on any atom is -0.462 e. The lowest BCUT2D eigenvalue weighted by molar-refractivity contribution is -0.152. The minimum absolute atomic E-state index is 0.0111. The molecule has 7 N–H and O–H groups in total. The van der Waals surface area contributed by atoms with Gasteiger partial charge in [0.15, 0.2) is 0 Å². The first-order chi connectivity index (χ1) is 36.4. The number of ether oxygens (including phenoxy) is 6. The summed E-state index contributed by atoms with van der Waals surface area (Å²) in [5.74, 6) is 10.4. The zero-order chi connectivity index (χ0) is 56.0. The monoisotopic (exact) mass is 1150 g/mol. The standard InChI is InChI=1S/C50H80N3O21P3/c1-33(2)7-5-8-34(3)38-12-13-40-39(38)14-15-42-41(40)11-10-36-29-37(16-19-50(36,42)4)71-47(56)18-22-67-24-26-69-28-27-68-25-23-66-21-17-45(55)51-20-6-9-35-31-53(49(58)52-48(35)57)46-30-43(54)44(72-46)32-70-76(62,63)74-77(64,65)73-75(59,60)61/h10,31,33-34,37-44,46,54H,5,7-8,11-30,32H2,1-4H3,(H,51,55)(H,62,63)(H,64,65)(H,52,57,58)(H2,59,60,61)/t34-,37?,38-,39?,40-,41+,42+,43+,44-,46-,50+/m1/s1. The molecular weight excluding hydrogens is 1070 g/mol. The van der Waals surface area contributed by atoms with Crippen molar-refractivity contribution in [1.82, 2.24) is 14.9 Å². The molecule has 27 heteroatoms. The van der Waals surface area contributed by atoms with E-state index in [0.29, 0.717) is 26.4 Å². The maximum Gasteiger partial charge on any atom is 0.490 e. The van der Waals surface area contributed by atoms with E-state index in [1.807, 2.05) is 4.98 Å². The molecule has 4 aliphatic carbocycles. The fourth-order valence-electron chi connectivity index (χ4n) is 12.2. The summed E-state index contributed by atoms with van der Waals surface area (Å²) in [7, 11) is -16.9. The Hall–Kier alpha value is -2.91. The van der Waals surface area contributed by atoms with E-state index in [4.69, 9.17) is 38.2 Å². The average Bonchev–Trinajstić information content (AvgIpc) is 4.01. The molecule has 3 saturated carbocycles. The highest BCUT2D eigenvalue weighted by Gasteiger charge is 2.55. The van der Waals surface area contributed by atoms with E-state index in [1.165, 1.54) is 56.9 Å². The smallest absolute Gasteiger partial charge is 0.462 e. The second-order valence-electron chi connectivity index (χ2n) is 21.5. The second kappa shape index (κ2) is 29.2. The van der Waals surface area contributed by atoms with Crippen LogP contribution in [0.4, 0.5) is 0 Å². The number of hydrogen-bond donors (Lipinski definition) is 7. The van der Waals surface area contributed by atoms with Crippen LogP contribution >= 0.6 is 23.5 Å². The van der Waals surface area contributed by atoms with Crippen molar-refractivity contribution < 1.29 is 89.5 Å². The molecule has 1 aliphatic heterocycles. The fraction of sp³-hybridized carbons (Fsp3) is 0.800. The van der Waals surface area contributed by atoms with Gasteiger partial charge in [-0.1, -0.05) is 70.4 Å². The summed E-state index contributed by atoms with van der Waals surface area (Å²) in [5, 5.41) is 12.9. The van der Waals surface area contributed by atoms with Gasteiger partial charge in [-0.25, -0.2) is 18.5 Å². The van der Waals surface area contributed by atoms with Gasteiger partial charge in [-0.05, 0) is 91.8 Å². The van der Waals surface area contributed by atoms with E-state index >= 15 is 0 Å². The molecule has 4 unspecified atom stereocenters. The van der Waals surface area contributed by atoms with Crippen molar-refractivity contribution in [1.29, 1.82) is 0 Å². The SMILES string of the molecule is CC(C)CCC[C@@H](C)[C@H]1CC[C@@H]2C1CC[C@H]1[C@H]2CC=C2CC(OC(=O)CCOCCOCCOCCOCCC(=O)NCC#Cc3cn([C@H]4C[C@H](O)[C@@H](COP(=O)(O)OP(=O)(O)OP(=O)(O)O)O4)c(=O)[nH]c3=O)CC[C@@]21C. The van der Waals surface area contributed by atoms with Crippen LogP contribution in [-0.2, 0) is 64.9 Å². The number of carbonyl (C=O) groups is 2. The molecule has 0 spiro atoms. The number of allylic oxidation sites excluding steroid dienone is 1. The van der Waals surface area contributed by atoms with Gasteiger partial charge >= 0.3 is 35.1 Å². The van der Waals surface area contributed by atoms with Gasteiger partial charge in [-0.15, -0.1) is 0 Å². The summed E-state index contributed by atoms with van der Waals surface area (Å²) in [5.41, 5.74) is -0.299. The van der Waals surface area contributed by atoms with Crippen LogP contribution in [0.5, 0.6) is 0 Å². The third kappa shape index (κ3) is 19.4. The maximum atomic E-state index is 12.8. The predicted octanol–water partition coefficient (Wildman–Crippen LogP) is 5.41. The number of phosphoric ester groups is 1. The first-order valence-electron chi connectivity index (χ1n) is 26.9. The van der Waals surface area contributed by atoms with Gasteiger partial charge in [0.1, 0.15) is 24.0 Å². The third-order valence-electron chi connectivity index (χ3n) is 15.8. The molecule has 24 nitrogen and oxygen atoms in total. The quantitative estimate of drug-likeness (QED) is 0.0166. The molecule has 13 atom stereocenters. The molecule has 0 bridgehead atoms. The van der Waals surface area contributed by atoms with Gasteiger partial charge in [0.25, 0.3) is 5.56 Å². The normalized spacial score (nSPS) is 29.0.